The average molecular weight is 475 g/mol. The van der Waals surface area contributed by atoms with Crippen LogP contribution in [0.2, 0.25) is 0 Å². The number of aromatic nitrogens is 1. The van der Waals surface area contributed by atoms with Crippen molar-refractivity contribution in [3.63, 3.8) is 0 Å². The molecule has 35 heavy (non-hydrogen) atoms. The Labute approximate surface area is 205 Å². The number of rotatable bonds is 8. The Bertz CT molecular complexity index is 1150. The molecule has 0 bridgehead atoms. The lowest BCUT2D eigenvalue weighted by atomic mass is 9.88. The van der Waals surface area contributed by atoms with E-state index in [1.807, 2.05) is 65.6 Å². The molecular weight excluding hydrogens is 444 g/mol. The van der Waals surface area contributed by atoms with Crippen LogP contribution < -0.4 is 20.1 Å². The Morgan fingerprint density at radius 2 is 1.74 bits per heavy atom. The van der Waals surface area contributed by atoms with Crippen molar-refractivity contribution in [2.24, 2.45) is 0 Å². The van der Waals surface area contributed by atoms with E-state index in [4.69, 9.17) is 9.47 Å². The zero-order valence-corrected chi connectivity index (χ0v) is 20.0. The number of hydrogen-bond donors (Lipinski definition) is 2. The fraction of sp³-hybridized carbons (Fsp3) is 0.296. The van der Waals surface area contributed by atoms with Gasteiger partial charge in [-0.3, -0.25) is 9.78 Å². The highest BCUT2D eigenvalue weighted by Gasteiger charge is 2.33. The molecule has 1 aliphatic rings. The van der Waals surface area contributed by atoms with E-state index in [-0.39, 0.29) is 30.9 Å². The van der Waals surface area contributed by atoms with Crippen LogP contribution in [0.25, 0.3) is 0 Å². The van der Waals surface area contributed by atoms with E-state index in [0.717, 1.165) is 22.4 Å². The number of nitrogens with zero attached hydrogens (tertiary/aromatic N) is 2. The van der Waals surface area contributed by atoms with Crippen molar-refractivity contribution in [2.45, 2.75) is 25.4 Å². The minimum atomic E-state index is -0.280. The fourth-order valence-corrected chi connectivity index (χ4v) is 4.32. The van der Waals surface area contributed by atoms with Gasteiger partial charge in [-0.05, 0) is 47.4 Å². The summed E-state index contributed by atoms with van der Waals surface area (Å²) in [6.45, 7) is 1.14. The lowest BCUT2D eigenvalue weighted by Gasteiger charge is -2.38. The van der Waals surface area contributed by atoms with Crippen LogP contribution in [-0.2, 0) is 17.8 Å². The second-order valence-corrected chi connectivity index (χ2v) is 8.24. The minimum Gasteiger partial charge on any atom is -0.493 e. The summed E-state index contributed by atoms with van der Waals surface area (Å²) in [5, 5.41) is 5.75. The van der Waals surface area contributed by atoms with Gasteiger partial charge < -0.3 is 25.0 Å². The second kappa shape index (κ2) is 11.4. The first-order valence-corrected chi connectivity index (χ1v) is 11.6. The van der Waals surface area contributed by atoms with Gasteiger partial charge in [-0.25, -0.2) is 4.79 Å². The second-order valence-electron chi connectivity index (χ2n) is 8.24. The van der Waals surface area contributed by atoms with Crippen molar-refractivity contribution < 1.29 is 19.1 Å². The maximum atomic E-state index is 13.2. The van der Waals surface area contributed by atoms with Crippen LogP contribution in [0.4, 0.5) is 4.79 Å². The van der Waals surface area contributed by atoms with Gasteiger partial charge in [-0.15, -0.1) is 0 Å². The van der Waals surface area contributed by atoms with Crippen LogP contribution in [0.3, 0.4) is 0 Å². The molecule has 2 aromatic carbocycles. The van der Waals surface area contributed by atoms with Gasteiger partial charge >= 0.3 is 6.03 Å². The summed E-state index contributed by atoms with van der Waals surface area (Å²) in [5.41, 5.74) is 3.91. The molecule has 3 amide bonds. The largest absolute Gasteiger partial charge is 0.493 e. The van der Waals surface area contributed by atoms with Crippen molar-refractivity contribution in [3.05, 3.63) is 89.2 Å². The van der Waals surface area contributed by atoms with Gasteiger partial charge in [-0.2, -0.15) is 0 Å². The molecule has 1 aliphatic heterocycles. The first kappa shape index (κ1) is 24.1. The maximum Gasteiger partial charge on any atom is 0.318 e. The van der Waals surface area contributed by atoms with Crippen LogP contribution in [0.5, 0.6) is 11.5 Å². The van der Waals surface area contributed by atoms with E-state index < -0.39 is 0 Å². The highest BCUT2D eigenvalue weighted by atomic mass is 16.5. The van der Waals surface area contributed by atoms with Crippen molar-refractivity contribution in [2.75, 3.05) is 27.3 Å². The van der Waals surface area contributed by atoms with Gasteiger partial charge in [0.1, 0.15) is 0 Å². The van der Waals surface area contributed by atoms with Crippen LogP contribution in [0.15, 0.2) is 66.9 Å². The molecule has 0 saturated heterocycles. The topological polar surface area (TPSA) is 92.8 Å². The molecule has 3 aromatic rings. The van der Waals surface area contributed by atoms with Gasteiger partial charge in [0, 0.05) is 25.7 Å². The molecule has 0 aliphatic carbocycles. The molecule has 1 aromatic heterocycles. The normalized spacial score (nSPS) is 14.6. The van der Waals surface area contributed by atoms with Gasteiger partial charge in [0.25, 0.3) is 0 Å². The number of urea groups is 1. The molecule has 0 fully saturated rings. The monoisotopic (exact) mass is 474 g/mol. The molecule has 8 nitrogen and oxygen atoms in total. The van der Waals surface area contributed by atoms with E-state index in [1.54, 1.807) is 20.4 Å². The lowest BCUT2D eigenvalue weighted by Crippen LogP contribution is -2.46. The molecule has 1 atom stereocenters. The zero-order chi connectivity index (χ0) is 24.6. The molecule has 8 heteroatoms. The van der Waals surface area contributed by atoms with Gasteiger partial charge in [0.2, 0.25) is 5.91 Å². The number of fused-ring (bicyclic) bond motifs is 1. The maximum absolute atomic E-state index is 13.2. The van der Waals surface area contributed by atoms with E-state index >= 15 is 0 Å². The Morgan fingerprint density at radius 1 is 1.00 bits per heavy atom. The molecule has 2 N–H and O–H groups in total. The Hall–Kier alpha value is -4.07. The Morgan fingerprint density at radius 3 is 2.46 bits per heavy atom. The number of benzene rings is 2. The van der Waals surface area contributed by atoms with Crippen LogP contribution >= 0.6 is 0 Å². The van der Waals surface area contributed by atoms with Gasteiger partial charge in [0.15, 0.2) is 11.5 Å². The first-order valence-electron chi connectivity index (χ1n) is 11.6. The van der Waals surface area contributed by atoms with E-state index in [9.17, 15) is 9.59 Å². The molecule has 0 unspecified atom stereocenters. The zero-order valence-electron chi connectivity index (χ0n) is 20.0. The summed E-state index contributed by atoms with van der Waals surface area (Å²) in [6, 6.07) is 18.9. The number of carbonyl (C=O) groups excluding carboxylic acids is 2. The van der Waals surface area contributed by atoms with Crippen molar-refractivity contribution in [1.82, 2.24) is 20.5 Å². The van der Waals surface area contributed by atoms with Crippen LogP contribution in [-0.4, -0.2) is 49.1 Å². The number of nitrogens with one attached hydrogen (secondary N) is 2. The SMILES string of the molecule is COc1cc2c(cc1OC)[C@H](c1ccccc1)N(C(=O)NCCC(=O)NCc1ccccn1)CC2. The van der Waals surface area contributed by atoms with Crippen LogP contribution in [0, 0.1) is 0 Å². The molecular formula is C27H30N4O4. The number of hydrogen-bond acceptors (Lipinski definition) is 5. The smallest absolute Gasteiger partial charge is 0.318 e. The lowest BCUT2D eigenvalue weighted by molar-refractivity contribution is -0.121. The van der Waals surface area contributed by atoms with E-state index in [2.05, 4.69) is 15.6 Å². The minimum absolute atomic E-state index is 0.142. The molecule has 0 spiro atoms. The number of carbonyl (C=O) groups is 2. The third-order valence-corrected chi connectivity index (χ3v) is 6.07. The predicted octanol–water partition coefficient (Wildman–Crippen LogP) is 3.46. The van der Waals surface area contributed by atoms with Crippen molar-refractivity contribution in [3.8, 4) is 11.5 Å². The number of methoxy groups -OCH3 is 2. The first-order chi connectivity index (χ1) is 17.1. The van der Waals surface area contributed by atoms with Crippen molar-refractivity contribution in [1.29, 1.82) is 0 Å². The van der Waals surface area contributed by atoms with Gasteiger partial charge in [-0.1, -0.05) is 36.4 Å². The third kappa shape index (κ3) is 5.71. The predicted molar refractivity (Wildman–Crippen MR) is 132 cm³/mol. The quantitative estimate of drug-likeness (QED) is 0.522. The van der Waals surface area contributed by atoms with Crippen LogP contribution in [0.1, 0.15) is 34.8 Å². The fourth-order valence-electron chi connectivity index (χ4n) is 4.32. The summed E-state index contributed by atoms with van der Waals surface area (Å²) >= 11 is 0. The number of amides is 3. The average Bonchev–Trinajstić information content (AvgIpc) is 2.91. The molecule has 0 saturated carbocycles. The van der Waals surface area contributed by atoms with E-state index in [0.29, 0.717) is 31.0 Å². The summed E-state index contributed by atoms with van der Waals surface area (Å²) in [4.78, 5) is 31.5. The standard InChI is InChI=1S/C27H30N4O4/c1-34-23-16-20-12-15-31(26(19-8-4-3-5-9-19)22(20)17-24(23)35-2)27(33)29-14-11-25(32)30-18-21-10-6-7-13-28-21/h3-10,13,16-17,26H,11-12,14-15,18H2,1-2H3,(H,29,33)(H,30,32)/t26-/m0/s1. The summed E-state index contributed by atoms with van der Waals surface area (Å²) in [5.74, 6) is 1.16. The molecule has 0 radical (unpaired) electrons. The van der Waals surface area contributed by atoms with Crippen molar-refractivity contribution >= 4 is 11.9 Å². The molecule has 182 valence electrons. The molecule has 2 heterocycles. The number of ether oxygens (including phenoxy) is 2. The highest BCUT2D eigenvalue weighted by Crippen LogP contribution is 2.40. The summed E-state index contributed by atoms with van der Waals surface area (Å²) < 4.78 is 11.0. The summed E-state index contributed by atoms with van der Waals surface area (Å²) in [6.07, 6.45) is 2.56. The highest BCUT2D eigenvalue weighted by molar-refractivity contribution is 5.79. The Kier molecular flexibility index (Phi) is 7.82. The third-order valence-electron chi connectivity index (χ3n) is 6.07. The number of pyridine rings is 1. The molecule has 4 rings (SSSR count). The van der Waals surface area contributed by atoms with E-state index in [1.165, 1.54) is 0 Å². The Balaban J connectivity index is 1.45. The summed E-state index contributed by atoms with van der Waals surface area (Å²) in [7, 11) is 3.22. The van der Waals surface area contributed by atoms with Gasteiger partial charge in [0.05, 0.1) is 32.5 Å².